The maximum atomic E-state index is 12.2. The first kappa shape index (κ1) is 18.4. The molecule has 3 rings (SSSR count). The summed E-state index contributed by atoms with van der Waals surface area (Å²) in [5.41, 5.74) is 7.35. The Morgan fingerprint density at radius 1 is 1.15 bits per heavy atom. The third-order valence-electron chi connectivity index (χ3n) is 3.50. The van der Waals surface area contributed by atoms with Crippen LogP contribution in [0.5, 0.6) is 5.75 Å². The van der Waals surface area contributed by atoms with Crippen LogP contribution in [0.25, 0.3) is 0 Å². The number of anilines is 2. The second-order valence-electron chi connectivity index (χ2n) is 5.49. The van der Waals surface area contributed by atoms with E-state index in [2.05, 4.69) is 10.3 Å². The molecule has 0 aliphatic rings. The SMILES string of the molecule is Nc1ccc(C(=O)OCc2ccccc2)cc1OCC(=O)Nc1nccs1. The fourth-order valence-corrected chi connectivity index (χ4v) is 2.72. The minimum Gasteiger partial charge on any atom is -0.482 e. The van der Waals surface area contributed by atoms with Gasteiger partial charge in [-0.25, -0.2) is 9.78 Å². The number of nitrogens with one attached hydrogen (secondary N) is 1. The lowest BCUT2D eigenvalue weighted by atomic mass is 10.2. The predicted molar refractivity (Wildman–Crippen MR) is 103 cm³/mol. The molecule has 7 nitrogen and oxygen atoms in total. The Kier molecular flexibility index (Phi) is 6.01. The summed E-state index contributed by atoms with van der Waals surface area (Å²) < 4.78 is 10.7. The second-order valence-corrected chi connectivity index (χ2v) is 6.38. The summed E-state index contributed by atoms with van der Waals surface area (Å²) >= 11 is 1.30. The van der Waals surface area contributed by atoms with Crippen molar-refractivity contribution in [2.45, 2.75) is 6.61 Å². The van der Waals surface area contributed by atoms with Crippen LogP contribution in [0.15, 0.2) is 60.1 Å². The molecule has 1 heterocycles. The molecule has 27 heavy (non-hydrogen) atoms. The highest BCUT2D eigenvalue weighted by molar-refractivity contribution is 7.13. The minimum atomic E-state index is -0.504. The average Bonchev–Trinajstić information content (AvgIpc) is 3.19. The Morgan fingerprint density at radius 3 is 2.70 bits per heavy atom. The Labute approximate surface area is 159 Å². The zero-order chi connectivity index (χ0) is 19.1. The van der Waals surface area contributed by atoms with Crippen LogP contribution in [-0.4, -0.2) is 23.5 Å². The molecule has 2 aromatic carbocycles. The predicted octanol–water partition coefficient (Wildman–Crippen LogP) is 3.10. The van der Waals surface area contributed by atoms with E-state index in [9.17, 15) is 9.59 Å². The number of hydrogen-bond acceptors (Lipinski definition) is 7. The molecule has 0 radical (unpaired) electrons. The highest BCUT2D eigenvalue weighted by Gasteiger charge is 2.13. The van der Waals surface area contributed by atoms with Crippen LogP contribution >= 0.6 is 11.3 Å². The molecule has 0 fully saturated rings. The molecule has 0 aliphatic heterocycles. The van der Waals surface area contributed by atoms with Gasteiger partial charge in [-0.2, -0.15) is 0 Å². The van der Waals surface area contributed by atoms with Gasteiger partial charge in [-0.3, -0.25) is 10.1 Å². The van der Waals surface area contributed by atoms with Gasteiger partial charge in [0.1, 0.15) is 12.4 Å². The van der Waals surface area contributed by atoms with Crippen molar-refractivity contribution in [2.24, 2.45) is 0 Å². The topological polar surface area (TPSA) is 104 Å². The number of esters is 1. The van der Waals surface area contributed by atoms with Gasteiger partial charge in [-0.15, -0.1) is 11.3 Å². The van der Waals surface area contributed by atoms with Gasteiger partial charge in [0.15, 0.2) is 11.7 Å². The summed E-state index contributed by atoms with van der Waals surface area (Å²) in [6.45, 7) is -0.0945. The quantitative estimate of drug-likeness (QED) is 0.480. The van der Waals surface area contributed by atoms with Crippen molar-refractivity contribution in [3.05, 3.63) is 71.2 Å². The smallest absolute Gasteiger partial charge is 0.338 e. The number of hydrogen-bond donors (Lipinski definition) is 2. The lowest BCUT2D eigenvalue weighted by molar-refractivity contribution is -0.118. The van der Waals surface area contributed by atoms with Crippen molar-refractivity contribution in [3.8, 4) is 5.75 Å². The summed E-state index contributed by atoms with van der Waals surface area (Å²) in [6, 6.07) is 13.9. The van der Waals surface area contributed by atoms with Gasteiger partial charge in [0.25, 0.3) is 5.91 Å². The Bertz CT molecular complexity index is 914. The highest BCUT2D eigenvalue weighted by atomic mass is 32.1. The average molecular weight is 383 g/mol. The van der Waals surface area contributed by atoms with E-state index in [1.54, 1.807) is 17.6 Å². The first-order chi connectivity index (χ1) is 13.1. The fourth-order valence-electron chi connectivity index (χ4n) is 2.18. The third-order valence-corrected chi connectivity index (χ3v) is 4.19. The van der Waals surface area contributed by atoms with Gasteiger partial charge in [0, 0.05) is 11.6 Å². The van der Waals surface area contributed by atoms with Crippen LogP contribution in [0.4, 0.5) is 10.8 Å². The number of ether oxygens (including phenoxy) is 2. The molecule has 1 amide bonds. The molecule has 0 bridgehead atoms. The third kappa shape index (κ3) is 5.29. The lowest BCUT2D eigenvalue weighted by Crippen LogP contribution is -2.20. The van der Waals surface area contributed by atoms with Crippen molar-refractivity contribution in [1.82, 2.24) is 4.98 Å². The highest BCUT2D eigenvalue weighted by Crippen LogP contribution is 2.23. The van der Waals surface area contributed by atoms with Gasteiger partial charge < -0.3 is 15.2 Å². The molecule has 1 aromatic heterocycles. The van der Waals surface area contributed by atoms with E-state index >= 15 is 0 Å². The molecular formula is C19H17N3O4S. The van der Waals surface area contributed by atoms with Crippen LogP contribution in [0, 0.1) is 0 Å². The molecule has 0 saturated carbocycles. The summed E-state index contributed by atoms with van der Waals surface area (Å²) in [6.07, 6.45) is 1.59. The second kappa shape index (κ2) is 8.81. The van der Waals surface area contributed by atoms with E-state index in [-0.39, 0.29) is 30.4 Å². The van der Waals surface area contributed by atoms with Gasteiger partial charge >= 0.3 is 5.97 Å². The van der Waals surface area contributed by atoms with Gasteiger partial charge in [0.2, 0.25) is 0 Å². The van der Waals surface area contributed by atoms with Crippen molar-refractivity contribution in [3.63, 3.8) is 0 Å². The number of thiazole rings is 1. The van der Waals surface area contributed by atoms with Gasteiger partial charge in [-0.1, -0.05) is 30.3 Å². The zero-order valence-electron chi connectivity index (χ0n) is 14.3. The van der Waals surface area contributed by atoms with E-state index in [0.717, 1.165) is 5.56 Å². The van der Waals surface area contributed by atoms with Crippen molar-refractivity contribution >= 4 is 34.0 Å². The molecule has 0 spiro atoms. The van der Waals surface area contributed by atoms with E-state index in [1.165, 1.54) is 23.5 Å². The number of amides is 1. The minimum absolute atomic E-state index is 0.163. The van der Waals surface area contributed by atoms with Crippen molar-refractivity contribution in [2.75, 3.05) is 17.7 Å². The maximum Gasteiger partial charge on any atom is 0.338 e. The van der Waals surface area contributed by atoms with E-state index in [4.69, 9.17) is 15.2 Å². The summed E-state index contributed by atoms with van der Waals surface area (Å²) in [5, 5.41) is 4.83. The van der Waals surface area contributed by atoms with Crippen LogP contribution in [0.3, 0.4) is 0 Å². The molecule has 0 saturated heterocycles. The van der Waals surface area contributed by atoms with E-state index < -0.39 is 5.97 Å². The first-order valence-electron chi connectivity index (χ1n) is 8.04. The fraction of sp³-hybridized carbons (Fsp3) is 0.105. The number of nitrogen functional groups attached to an aromatic ring is 1. The van der Waals surface area contributed by atoms with Crippen LogP contribution in [0.1, 0.15) is 15.9 Å². The number of rotatable bonds is 7. The molecule has 3 aromatic rings. The normalized spacial score (nSPS) is 10.2. The number of nitrogens with two attached hydrogens (primary N) is 1. The zero-order valence-corrected chi connectivity index (χ0v) is 15.1. The summed E-state index contributed by atoms with van der Waals surface area (Å²) in [7, 11) is 0. The standard InChI is InChI=1S/C19H17N3O4S/c20-15-7-6-14(18(24)26-11-13-4-2-1-3-5-13)10-16(15)25-12-17(23)22-19-21-8-9-27-19/h1-10H,11-12,20H2,(H,21,22,23). The molecule has 3 N–H and O–H groups in total. The maximum absolute atomic E-state index is 12.2. The van der Waals surface area contributed by atoms with Crippen molar-refractivity contribution < 1.29 is 19.1 Å². The Hall–Kier alpha value is -3.39. The van der Waals surface area contributed by atoms with E-state index in [0.29, 0.717) is 10.8 Å². The number of carbonyl (C=O) groups is 2. The van der Waals surface area contributed by atoms with E-state index in [1.807, 2.05) is 30.3 Å². The largest absolute Gasteiger partial charge is 0.482 e. The van der Waals surface area contributed by atoms with Gasteiger partial charge in [0.05, 0.1) is 11.3 Å². The molecule has 0 atom stereocenters. The Morgan fingerprint density at radius 2 is 1.96 bits per heavy atom. The summed E-state index contributed by atoms with van der Waals surface area (Å²) in [5.74, 6) is -0.643. The monoisotopic (exact) mass is 383 g/mol. The lowest BCUT2D eigenvalue weighted by Gasteiger charge is -2.10. The molecule has 8 heteroatoms. The summed E-state index contributed by atoms with van der Waals surface area (Å²) in [4.78, 5) is 28.1. The number of aromatic nitrogens is 1. The Balaban J connectivity index is 1.58. The van der Waals surface area contributed by atoms with Gasteiger partial charge in [-0.05, 0) is 23.8 Å². The van der Waals surface area contributed by atoms with Crippen LogP contribution < -0.4 is 15.8 Å². The van der Waals surface area contributed by atoms with Crippen LogP contribution in [-0.2, 0) is 16.1 Å². The molecule has 138 valence electrons. The number of benzene rings is 2. The van der Waals surface area contributed by atoms with Crippen molar-refractivity contribution in [1.29, 1.82) is 0 Å². The number of nitrogens with zero attached hydrogens (tertiary/aromatic N) is 1. The molecule has 0 aliphatic carbocycles. The van der Waals surface area contributed by atoms with Crippen LogP contribution in [0.2, 0.25) is 0 Å². The molecular weight excluding hydrogens is 366 g/mol. The first-order valence-corrected chi connectivity index (χ1v) is 8.92. The number of carbonyl (C=O) groups excluding carboxylic acids is 2. The molecule has 0 unspecified atom stereocenters.